The van der Waals surface area contributed by atoms with Gasteiger partial charge in [0.1, 0.15) is 0 Å². The van der Waals surface area contributed by atoms with Gasteiger partial charge in [-0.1, -0.05) is 0 Å². The topological polar surface area (TPSA) is 103 Å². The van der Waals surface area contributed by atoms with Crippen molar-refractivity contribution in [2.24, 2.45) is 0 Å². The van der Waals surface area contributed by atoms with Gasteiger partial charge in [0.25, 0.3) is 0 Å². The zero-order chi connectivity index (χ0) is 15.7. The Bertz CT molecular complexity index is 805. The first kappa shape index (κ1) is 14.4. The minimum atomic E-state index is -0.710. The smallest absolute Gasteiger partial charge is 0.221 e. The Morgan fingerprint density at radius 3 is 2.82 bits per heavy atom. The molecule has 22 heavy (non-hydrogen) atoms. The zero-order valence-corrected chi connectivity index (χ0v) is 12.6. The standard InChI is InChI=1S/C15H18N6O/c1-15(2,22)5-3-11-7-12-10(8-18-11)9-19-21(12)13-4-6-17-14(16)20-13/h4,6-9,22H,3,5H2,1-2H3,(H2,16,17,20). The summed E-state index contributed by atoms with van der Waals surface area (Å²) in [6, 6.07) is 3.71. The van der Waals surface area contributed by atoms with E-state index in [1.54, 1.807) is 43.2 Å². The highest BCUT2D eigenvalue weighted by Crippen LogP contribution is 2.19. The average molecular weight is 298 g/mol. The first-order valence-corrected chi connectivity index (χ1v) is 7.06. The monoisotopic (exact) mass is 298 g/mol. The van der Waals surface area contributed by atoms with Crippen molar-refractivity contribution in [2.45, 2.75) is 32.3 Å². The molecule has 3 aromatic heterocycles. The van der Waals surface area contributed by atoms with E-state index in [0.29, 0.717) is 18.7 Å². The fourth-order valence-corrected chi connectivity index (χ4v) is 2.20. The Morgan fingerprint density at radius 2 is 2.09 bits per heavy atom. The van der Waals surface area contributed by atoms with Crippen LogP contribution in [-0.2, 0) is 6.42 Å². The van der Waals surface area contributed by atoms with Crippen LogP contribution in [0.15, 0.2) is 30.7 Å². The van der Waals surface area contributed by atoms with Crippen molar-refractivity contribution in [3.05, 3.63) is 36.4 Å². The molecule has 0 saturated heterocycles. The summed E-state index contributed by atoms with van der Waals surface area (Å²) in [6.45, 7) is 3.58. The molecule has 0 amide bonds. The molecule has 7 nitrogen and oxygen atoms in total. The maximum atomic E-state index is 9.84. The minimum Gasteiger partial charge on any atom is -0.390 e. The number of fused-ring (bicyclic) bond motifs is 1. The number of hydrogen-bond donors (Lipinski definition) is 2. The largest absolute Gasteiger partial charge is 0.390 e. The van der Waals surface area contributed by atoms with Crippen molar-refractivity contribution in [3.8, 4) is 5.82 Å². The van der Waals surface area contributed by atoms with Gasteiger partial charge in [0.05, 0.1) is 17.3 Å². The number of nitrogen functional groups attached to an aromatic ring is 1. The molecule has 0 aliphatic heterocycles. The quantitative estimate of drug-likeness (QED) is 0.756. The molecule has 0 aliphatic carbocycles. The lowest BCUT2D eigenvalue weighted by Gasteiger charge is -2.16. The number of nitrogens with zero attached hydrogens (tertiary/aromatic N) is 5. The second kappa shape index (κ2) is 5.34. The number of hydrogen-bond acceptors (Lipinski definition) is 6. The molecular formula is C15H18N6O. The van der Waals surface area contributed by atoms with Crippen LogP contribution < -0.4 is 5.73 Å². The predicted molar refractivity (Wildman–Crippen MR) is 83.5 cm³/mol. The lowest BCUT2D eigenvalue weighted by atomic mass is 10.0. The maximum Gasteiger partial charge on any atom is 0.221 e. The Hall–Kier alpha value is -2.54. The molecular weight excluding hydrogens is 280 g/mol. The molecule has 0 aliphatic rings. The zero-order valence-electron chi connectivity index (χ0n) is 12.6. The molecule has 0 aromatic carbocycles. The van der Waals surface area contributed by atoms with E-state index in [4.69, 9.17) is 5.73 Å². The summed E-state index contributed by atoms with van der Waals surface area (Å²) in [5.41, 5.74) is 6.72. The molecule has 0 saturated carbocycles. The number of nitrogens with two attached hydrogens (primary N) is 1. The lowest BCUT2D eigenvalue weighted by Crippen LogP contribution is -2.19. The summed E-state index contributed by atoms with van der Waals surface area (Å²) >= 11 is 0. The van der Waals surface area contributed by atoms with E-state index in [2.05, 4.69) is 20.1 Å². The first-order chi connectivity index (χ1) is 10.4. The highest BCUT2D eigenvalue weighted by Gasteiger charge is 2.14. The average Bonchev–Trinajstić information content (AvgIpc) is 2.87. The van der Waals surface area contributed by atoms with Crippen LogP contribution in [0.5, 0.6) is 0 Å². The van der Waals surface area contributed by atoms with E-state index in [-0.39, 0.29) is 5.95 Å². The number of aromatic nitrogens is 5. The summed E-state index contributed by atoms with van der Waals surface area (Å²) in [5, 5.41) is 15.1. The first-order valence-electron chi connectivity index (χ1n) is 7.06. The number of pyridine rings is 1. The molecule has 3 N–H and O–H groups in total. The molecule has 0 atom stereocenters. The molecule has 0 radical (unpaired) electrons. The van der Waals surface area contributed by atoms with Crippen molar-refractivity contribution in [3.63, 3.8) is 0 Å². The fourth-order valence-electron chi connectivity index (χ4n) is 2.20. The number of anilines is 1. The third-order valence-corrected chi connectivity index (χ3v) is 3.38. The van der Waals surface area contributed by atoms with Crippen LogP contribution in [-0.4, -0.2) is 35.4 Å². The van der Waals surface area contributed by atoms with Gasteiger partial charge in [-0.15, -0.1) is 0 Å². The predicted octanol–water partition coefficient (Wildman–Crippen LogP) is 1.50. The van der Waals surface area contributed by atoms with E-state index >= 15 is 0 Å². The molecule has 0 spiro atoms. The Labute approximate surface area is 127 Å². The Balaban J connectivity index is 1.98. The Kier molecular flexibility index (Phi) is 3.50. The van der Waals surface area contributed by atoms with E-state index in [9.17, 15) is 5.11 Å². The van der Waals surface area contributed by atoms with Gasteiger partial charge >= 0.3 is 0 Å². The van der Waals surface area contributed by atoms with Gasteiger partial charge in [0.2, 0.25) is 5.95 Å². The second-order valence-corrected chi connectivity index (χ2v) is 5.88. The van der Waals surface area contributed by atoms with E-state index < -0.39 is 5.60 Å². The summed E-state index contributed by atoms with van der Waals surface area (Å²) in [6.07, 6.45) is 6.45. The van der Waals surface area contributed by atoms with E-state index in [1.165, 1.54) is 0 Å². The van der Waals surface area contributed by atoms with Crippen LogP contribution >= 0.6 is 0 Å². The van der Waals surface area contributed by atoms with Crippen molar-refractivity contribution in [2.75, 3.05) is 5.73 Å². The third-order valence-electron chi connectivity index (χ3n) is 3.38. The van der Waals surface area contributed by atoms with Gasteiger partial charge in [-0.05, 0) is 32.8 Å². The van der Waals surface area contributed by atoms with Crippen LogP contribution in [0.3, 0.4) is 0 Å². The summed E-state index contributed by atoms with van der Waals surface area (Å²) < 4.78 is 1.71. The van der Waals surface area contributed by atoms with E-state index in [0.717, 1.165) is 16.6 Å². The third kappa shape index (κ3) is 3.04. The van der Waals surface area contributed by atoms with Crippen molar-refractivity contribution in [1.29, 1.82) is 0 Å². The summed E-state index contributed by atoms with van der Waals surface area (Å²) in [7, 11) is 0. The normalized spacial score (nSPS) is 12.0. The highest BCUT2D eigenvalue weighted by atomic mass is 16.3. The maximum absolute atomic E-state index is 9.84. The van der Waals surface area contributed by atoms with Crippen LogP contribution in [0.25, 0.3) is 16.7 Å². The summed E-state index contributed by atoms with van der Waals surface area (Å²) in [5.74, 6) is 0.819. The minimum absolute atomic E-state index is 0.206. The van der Waals surface area contributed by atoms with Gasteiger partial charge in [-0.3, -0.25) is 4.98 Å². The van der Waals surface area contributed by atoms with Crippen LogP contribution in [0.1, 0.15) is 26.0 Å². The number of aryl methyl sites for hydroxylation is 1. The summed E-state index contributed by atoms with van der Waals surface area (Å²) in [4.78, 5) is 12.5. The van der Waals surface area contributed by atoms with Gasteiger partial charge in [-0.25, -0.2) is 9.67 Å². The van der Waals surface area contributed by atoms with Crippen LogP contribution in [0, 0.1) is 0 Å². The van der Waals surface area contributed by atoms with Gasteiger partial charge < -0.3 is 10.8 Å². The molecule has 7 heteroatoms. The van der Waals surface area contributed by atoms with Crippen LogP contribution in [0.2, 0.25) is 0 Å². The molecule has 0 unspecified atom stereocenters. The molecule has 3 heterocycles. The second-order valence-electron chi connectivity index (χ2n) is 5.88. The van der Waals surface area contributed by atoms with Gasteiger partial charge in [-0.2, -0.15) is 10.1 Å². The van der Waals surface area contributed by atoms with Crippen molar-refractivity contribution >= 4 is 16.9 Å². The molecule has 0 bridgehead atoms. The van der Waals surface area contributed by atoms with Crippen LogP contribution in [0.4, 0.5) is 5.95 Å². The molecule has 3 aromatic rings. The molecule has 3 rings (SSSR count). The Morgan fingerprint density at radius 1 is 1.27 bits per heavy atom. The lowest BCUT2D eigenvalue weighted by molar-refractivity contribution is 0.0711. The molecule has 0 fully saturated rings. The van der Waals surface area contributed by atoms with Gasteiger partial charge in [0.15, 0.2) is 5.82 Å². The number of rotatable bonds is 4. The fraction of sp³-hybridized carbons (Fsp3) is 0.333. The van der Waals surface area contributed by atoms with Gasteiger partial charge in [0, 0.05) is 29.5 Å². The van der Waals surface area contributed by atoms with Crippen molar-refractivity contribution in [1.82, 2.24) is 24.7 Å². The van der Waals surface area contributed by atoms with Crippen molar-refractivity contribution < 1.29 is 5.11 Å². The highest BCUT2D eigenvalue weighted by molar-refractivity contribution is 5.79. The molecule has 114 valence electrons. The van der Waals surface area contributed by atoms with E-state index in [1.807, 2.05) is 6.07 Å². The SMILES string of the molecule is CC(C)(O)CCc1cc2c(cn1)cnn2-c1ccnc(N)n1. The number of aliphatic hydroxyl groups is 1.